The third-order valence-electron chi connectivity index (χ3n) is 5.18. The first-order chi connectivity index (χ1) is 15.5. The molecule has 0 fully saturated rings. The van der Waals surface area contributed by atoms with Crippen molar-refractivity contribution in [2.45, 2.75) is 32.6 Å². The van der Waals surface area contributed by atoms with E-state index in [9.17, 15) is 9.59 Å². The van der Waals surface area contributed by atoms with Gasteiger partial charge in [-0.05, 0) is 37.5 Å². The molecule has 0 aliphatic carbocycles. The molecular formula is C25H28O7. The molecule has 0 bridgehead atoms. The van der Waals surface area contributed by atoms with Crippen LogP contribution >= 0.6 is 0 Å². The highest BCUT2D eigenvalue weighted by Gasteiger charge is 2.20. The van der Waals surface area contributed by atoms with Gasteiger partial charge in [-0.2, -0.15) is 0 Å². The van der Waals surface area contributed by atoms with E-state index in [1.54, 1.807) is 45.4 Å². The number of hydrogen-bond donors (Lipinski definition) is 0. The average Bonchev–Trinajstić information content (AvgIpc) is 2.81. The van der Waals surface area contributed by atoms with Gasteiger partial charge in [0.2, 0.25) is 5.43 Å². The van der Waals surface area contributed by atoms with Crippen molar-refractivity contribution in [3.63, 3.8) is 0 Å². The summed E-state index contributed by atoms with van der Waals surface area (Å²) in [6.07, 6.45) is 2.11. The molecule has 0 saturated carbocycles. The van der Waals surface area contributed by atoms with Crippen LogP contribution in [0, 0.1) is 0 Å². The van der Waals surface area contributed by atoms with Gasteiger partial charge in [-0.15, -0.1) is 0 Å². The van der Waals surface area contributed by atoms with Crippen molar-refractivity contribution in [1.82, 2.24) is 0 Å². The van der Waals surface area contributed by atoms with E-state index >= 15 is 0 Å². The lowest BCUT2D eigenvalue weighted by Gasteiger charge is -2.13. The normalized spacial score (nSPS) is 10.8. The summed E-state index contributed by atoms with van der Waals surface area (Å²) in [5.74, 6) is 1.93. The maximum absolute atomic E-state index is 13.6. The highest BCUT2D eigenvalue weighted by molar-refractivity contribution is 5.89. The minimum Gasteiger partial charge on any atom is -0.497 e. The Balaban J connectivity index is 2.07. The number of fused-ring (bicyclic) bond motifs is 1. The molecule has 2 aromatic carbocycles. The van der Waals surface area contributed by atoms with Gasteiger partial charge in [0.15, 0.2) is 0 Å². The lowest BCUT2D eigenvalue weighted by Crippen LogP contribution is -2.11. The Morgan fingerprint density at radius 2 is 1.66 bits per heavy atom. The highest BCUT2D eigenvalue weighted by Crippen LogP contribution is 2.34. The first kappa shape index (κ1) is 23.2. The minimum absolute atomic E-state index is 0.184. The van der Waals surface area contributed by atoms with Crippen LogP contribution in [0.1, 0.15) is 31.9 Å². The number of methoxy groups -OCH3 is 3. The molecule has 0 N–H and O–H groups in total. The molecule has 0 radical (unpaired) electrons. The molecular weight excluding hydrogens is 412 g/mol. The average molecular weight is 440 g/mol. The van der Waals surface area contributed by atoms with Crippen molar-refractivity contribution < 1.29 is 28.2 Å². The number of unbranched alkanes of at least 4 members (excludes halogenated alkanes) is 1. The molecule has 0 aliphatic rings. The molecule has 0 atom stereocenters. The maximum Gasteiger partial charge on any atom is 0.305 e. The van der Waals surface area contributed by atoms with E-state index in [1.165, 1.54) is 7.11 Å². The molecule has 0 unspecified atom stereocenters. The molecule has 0 spiro atoms. The summed E-state index contributed by atoms with van der Waals surface area (Å²) >= 11 is 0. The van der Waals surface area contributed by atoms with Crippen LogP contribution in [0.2, 0.25) is 0 Å². The monoisotopic (exact) mass is 440 g/mol. The standard InChI is InChI=1S/C25H28O7/c1-5-31-22(26)9-7-6-8-19-23(16-10-12-17(28-2)13-11-16)25(27)24-20(30-4)14-18(29-3)15-21(24)32-19/h10-15H,5-9H2,1-4H3. The highest BCUT2D eigenvalue weighted by atomic mass is 16.5. The predicted molar refractivity (Wildman–Crippen MR) is 122 cm³/mol. The Labute approximate surface area is 186 Å². The Morgan fingerprint density at radius 1 is 0.938 bits per heavy atom. The maximum atomic E-state index is 13.6. The van der Waals surface area contributed by atoms with Crippen molar-refractivity contribution in [1.29, 1.82) is 0 Å². The van der Waals surface area contributed by atoms with Crippen LogP contribution in [0.5, 0.6) is 17.2 Å². The molecule has 0 aliphatic heterocycles. The van der Waals surface area contributed by atoms with Crippen LogP contribution in [-0.2, 0) is 16.0 Å². The van der Waals surface area contributed by atoms with E-state index < -0.39 is 0 Å². The molecule has 7 heteroatoms. The third-order valence-corrected chi connectivity index (χ3v) is 5.18. The van der Waals surface area contributed by atoms with Crippen molar-refractivity contribution in [2.24, 2.45) is 0 Å². The molecule has 3 rings (SSSR count). The summed E-state index contributed by atoms with van der Waals surface area (Å²) in [7, 11) is 4.64. The van der Waals surface area contributed by atoms with Gasteiger partial charge in [0.25, 0.3) is 0 Å². The topological polar surface area (TPSA) is 84.2 Å². The van der Waals surface area contributed by atoms with Crippen molar-refractivity contribution in [2.75, 3.05) is 27.9 Å². The van der Waals surface area contributed by atoms with Gasteiger partial charge in [0.05, 0.1) is 33.5 Å². The Bertz CT molecular complexity index is 1130. The summed E-state index contributed by atoms with van der Waals surface area (Å²) in [6.45, 7) is 2.15. The van der Waals surface area contributed by atoms with E-state index in [4.69, 9.17) is 23.4 Å². The molecule has 32 heavy (non-hydrogen) atoms. The number of benzene rings is 2. The summed E-state index contributed by atoms with van der Waals surface area (Å²) in [5.41, 5.74) is 1.40. The fourth-order valence-electron chi connectivity index (χ4n) is 3.60. The number of ether oxygens (including phenoxy) is 4. The number of aryl methyl sites for hydroxylation is 1. The molecule has 0 saturated heterocycles. The second kappa shape index (κ2) is 10.7. The minimum atomic E-state index is -0.225. The fraction of sp³-hybridized carbons (Fsp3) is 0.360. The largest absolute Gasteiger partial charge is 0.497 e. The molecule has 3 aromatic rings. The first-order valence-electron chi connectivity index (χ1n) is 10.5. The van der Waals surface area contributed by atoms with Gasteiger partial charge in [-0.25, -0.2) is 0 Å². The van der Waals surface area contributed by atoms with Gasteiger partial charge >= 0.3 is 5.97 Å². The van der Waals surface area contributed by atoms with Crippen molar-refractivity contribution in [3.05, 3.63) is 52.4 Å². The SMILES string of the molecule is CCOC(=O)CCCCc1oc2cc(OC)cc(OC)c2c(=O)c1-c1ccc(OC)cc1. The number of carbonyl (C=O) groups excluding carboxylic acids is 1. The fourth-order valence-corrected chi connectivity index (χ4v) is 3.60. The van der Waals surface area contributed by atoms with E-state index in [1.807, 2.05) is 12.1 Å². The summed E-state index contributed by atoms with van der Waals surface area (Å²) in [5, 5.41) is 0.356. The van der Waals surface area contributed by atoms with Crippen LogP contribution in [0.3, 0.4) is 0 Å². The Morgan fingerprint density at radius 3 is 2.28 bits per heavy atom. The smallest absolute Gasteiger partial charge is 0.305 e. The molecule has 170 valence electrons. The lowest BCUT2D eigenvalue weighted by molar-refractivity contribution is -0.143. The second-order valence-corrected chi connectivity index (χ2v) is 7.17. The van der Waals surface area contributed by atoms with E-state index in [-0.39, 0.29) is 11.4 Å². The van der Waals surface area contributed by atoms with E-state index in [0.717, 1.165) is 5.56 Å². The predicted octanol–water partition coefficient (Wildman–Crippen LogP) is 4.76. The van der Waals surface area contributed by atoms with Gasteiger partial charge in [0.1, 0.15) is 34.0 Å². The number of hydrogen-bond acceptors (Lipinski definition) is 7. The van der Waals surface area contributed by atoms with Crippen LogP contribution in [0.25, 0.3) is 22.1 Å². The van der Waals surface area contributed by atoms with Crippen LogP contribution < -0.4 is 19.6 Å². The number of esters is 1. The quantitative estimate of drug-likeness (QED) is 0.332. The molecule has 1 heterocycles. The van der Waals surface area contributed by atoms with Crippen LogP contribution in [-0.4, -0.2) is 33.9 Å². The lowest BCUT2D eigenvalue weighted by atomic mass is 9.98. The molecule has 7 nitrogen and oxygen atoms in total. The van der Waals surface area contributed by atoms with E-state index in [2.05, 4.69) is 0 Å². The third kappa shape index (κ3) is 5.04. The van der Waals surface area contributed by atoms with Gasteiger partial charge in [-0.3, -0.25) is 9.59 Å². The van der Waals surface area contributed by atoms with Gasteiger partial charge in [0, 0.05) is 25.0 Å². The Hall–Kier alpha value is -3.48. The summed E-state index contributed by atoms with van der Waals surface area (Å²) < 4.78 is 27.2. The van der Waals surface area contributed by atoms with Crippen LogP contribution in [0.15, 0.2) is 45.6 Å². The molecule has 1 aromatic heterocycles. The zero-order valence-corrected chi connectivity index (χ0v) is 18.9. The van der Waals surface area contributed by atoms with Gasteiger partial charge in [-0.1, -0.05) is 12.1 Å². The van der Waals surface area contributed by atoms with Crippen molar-refractivity contribution >= 4 is 16.9 Å². The zero-order chi connectivity index (χ0) is 23.1. The zero-order valence-electron chi connectivity index (χ0n) is 18.9. The summed E-state index contributed by atoms with van der Waals surface area (Å²) in [4.78, 5) is 25.3. The number of carbonyl (C=O) groups is 1. The molecule has 0 amide bonds. The summed E-state index contributed by atoms with van der Waals surface area (Å²) in [6, 6.07) is 10.6. The van der Waals surface area contributed by atoms with Crippen LogP contribution in [0.4, 0.5) is 0 Å². The second-order valence-electron chi connectivity index (χ2n) is 7.17. The number of rotatable bonds is 10. The first-order valence-corrected chi connectivity index (χ1v) is 10.5. The van der Waals surface area contributed by atoms with Gasteiger partial charge < -0.3 is 23.4 Å². The van der Waals surface area contributed by atoms with Crippen molar-refractivity contribution in [3.8, 4) is 28.4 Å². The Kier molecular flexibility index (Phi) is 7.76. The van der Waals surface area contributed by atoms with E-state index in [0.29, 0.717) is 71.8 Å².